The lowest BCUT2D eigenvalue weighted by Crippen LogP contribution is -2.21. The Kier molecular flexibility index (Phi) is 28.9. The third-order valence-corrected chi connectivity index (χ3v) is 2.72. The first kappa shape index (κ1) is 30.4. The molecular weight excluding hydrogens is 308 g/mol. The second kappa shape index (κ2) is 23.8. The first-order chi connectivity index (χ1) is 11.9. The van der Waals surface area contributed by atoms with Crippen LogP contribution in [0.25, 0.3) is 0 Å². The van der Waals surface area contributed by atoms with Gasteiger partial charge in [0, 0.05) is 19.3 Å². The van der Waals surface area contributed by atoms with Crippen molar-refractivity contribution in [2.75, 3.05) is 13.6 Å². The van der Waals surface area contributed by atoms with Gasteiger partial charge in [-0.3, -0.25) is 0 Å². The fourth-order valence-corrected chi connectivity index (χ4v) is 1.56. The molecule has 4 nitrogen and oxygen atoms in total. The van der Waals surface area contributed by atoms with Gasteiger partial charge in [-0.1, -0.05) is 45.6 Å². The van der Waals surface area contributed by atoms with E-state index in [1.54, 1.807) is 0 Å². The van der Waals surface area contributed by atoms with Gasteiger partial charge in [-0.2, -0.15) is 0 Å². The van der Waals surface area contributed by atoms with E-state index in [0.717, 1.165) is 37.3 Å². The molecule has 0 bridgehead atoms. The van der Waals surface area contributed by atoms with Crippen LogP contribution in [0.2, 0.25) is 0 Å². The van der Waals surface area contributed by atoms with Gasteiger partial charge < -0.3 is 16.4 Å². The molecule has 0 spiro atoms. The van der Waals surface area contributed by atoms with Crippen molar-refractivity contribution in [3.63, 3.8) is 0 Å². The molecule has 0 rings (SSSR count). The summed E-state index contributed by atoms with van der Waals surface area (Å²) in [4.78, 5) is 6.70. The Morgan fingerprint density at radius 2 is 1.56 bits per heavy atom. The largest absolute Gasteiger partial charge is 0.405 e. The summed E-state index contributed by atoms with van der Waals surface area (Å²) >= 11 is 0. The Hall–Kier alpha value is -2.49. The molecular formula is C21H40N4. The molecule has 4 heteroatoms. The number of nitrogens with zero attached hydrogens (tertiary/aromatic N) is 2. The number of nitrogens with two attached hydrogens (primary N) is 2. The van der Waals surface area contributed by atoms with Crippen molar-refractivity contribution >= 4 is 5.71 Å². The fraction of sp³-hybridized carbons (Fsp3) is 0.381. The first-order valence-corrected chi connectivity index (χ1v) is 8.26. The van der Waals surface area contributed by atoms with E-state index >= 15 is 0 Å². The normalized spacial score (nSPS) is 9.76. The molecule has 25 heavy (non-hydrogen) atoms. The lowest BCUT2D eigenvalue weighted by molar-refractivity contribution is 0.444. The predicted octanol–water partition coefficient (Wildman–Crippen LogP) is 5.15. The zero-order valence-corrected chi connectivity index (χ0v) is 17.0. The maximum atomic E-state index is 5.76. The van der Waals surface area contributed by atoms with Crippen LogP contribution in [0.15, 0.2) is 80.4 Å². The van der Waals surface area contributed by atoms with Gasteiger partial charge in [0.05, 0.1) is 5.71 Å². The average molecular weight is 349 g/mol. The zero-order chi connectivity index (χ0) is 20.8. The summed E-state index contributed by atoms with van der Waals surface area (Å²) in [6.45, 7) is 30.0. The second-order valence-corrected chi connectivity index (χ2v) is 4.68. The zero-order valence-electron chi connectivity index (χ0n) is 17.0. The van der Waals surface area contributed by atoms with E-state index in [-0.39, 0.29) is 0 Å². The van der Waals surface area contributed by atoms with Crippen molar-refractivity contribution in [1.29, 1.82) is 0 Å². The summed E-state index contributed by atoms with van der Waals surface area (Å²) in [6.07, 6.45) is 6.09. The Labute approximate surface area is 156 Å². The van der Waals surface area contributed by atoms with Crippen LogP contribution in [-0.2, 0) is 0 Å². The second-order valence-electron chi connectivity index (χ2n) is 4.68. The Morgan fingerprint density at radius 3 is 1.84 bits per heavy atom. The van der Waals surface area contributed by atoms with E-state index in [4.69, 9.17) is 5.73 Å². The molecule has 0 amide bonds. The summed E-state index contributed by atoms with van der Waals surface area (Å²) in [7, 11) is 2.02. The van der Waals surface area contributed by atoms with Gasteiger partial charge in [0.15, 0.2) is 0 Å². The molecule has 0 atom stereocenters. The SMILES string of the molecule is C=C.C=C.C=C(CC)CN(C)C(=C\C)/N=C(\CCC)C(=C)N.C=CN. The minimum Gasteiger partial charge on any atom is -0.405 e. The van der Waals surface area contributed by atoms with Crippen LogP contribution >= 0.6 is 0 Å². The van der Waals surface area contributed by atoms with Crippen LogP contribution < -0.4 is 11.5 Å². The van der Waals surface area contributed by atoms with E-state index in [0.29, 0.717) is 5.70 Å². The molecule has 0 aromatic rings. The minimum atomic E-state index is 0.555. The number of likely N-dealkylation sites (N-methyl/N-ethyl adjacent to an activating group) is 1. The highest BCUT2D eigenvalue weighted by Gasteiger charge is 2.06. The van der Waals surface area contributed by atoms with Crippen molar-refractivity contribution in [2.45, 2.75) is 40.0 Å². The molecule has 144 valence electrons. The molecule has 0 fully saturated rings. The fourth-order valence-electron chi connectivity index (χ4n) is 1.56. The van der Waals surface area contributed by atoms with Crippen LogP contribution in [0.1, 0.15) is 40.0 Å². The van der Waals surface area contributed by atoms with Gasteiger partial charge in [0.1, 0.15) is 5.82 Å². The number of rotatable bonds is 8. The van der Waals surface area contributed by atoms with Gasteiger partial charge in [0.2, 0.25) is 0 Å². The molecule has 0 aliphatic heterocycles. The van der Waals surface area contributed by atoms with E-state index in [1.807, 2.05) is 20.0 Å². The first-order valence-electron chi connectivity index (χ1n) is 8.26. The Bertz CT molecular complexity index is 418. The molecule has 0 heterocycles. The molecule has 4 N–H and O–H groups in total. The Morgan fingerprint density at radius 1 is 1.12 bits per heavy atom. The summed E-state index contributed by atoms with van der Waals surface area (Å²) in [5, 5.41) is 0. The molecule has 0 unspecified atom stereocenters. The number of hydrogen-bond donors (Lipinski definition) is 2. The molecule has 0 aromatic carbocycles. The summed E-state index contributed by atoms with van der Waals surface area (Å²) in [6, 6.07) is 0. The van der Waals surface area contributed by atoms with Crippen LogP contribution in [0.3, 0.4) is 0 Å². The maximum Gasteiger partial charge on any atom is 0.124 e. The quantitative estimate of drug-likeness (QED) is 0.471. The van der Waals surface area contributed by atoms with Crippen molar-refractivity contribution < 1.29 is 0 Å². The van der Waals surface area contributed by atoms with Crippen molar-refractivity contribution in [2.24, 2.45) is 16.5 Å². The summed E-state index contributed by atoms with van der Waals surface area (Å²) in [5.74, 6) is 0.916. The van der Waals surface area contributed by atoms with Crippen molar-refractivity contribution in [3.05, 3.63) is 75.4 Å². The highest BCUT2D eigenvalue weighted by atomic mass is 15.2. The number of aliphatic imine (C=N–C) groups is 1. The maximum absolute atomic E-state index is 5.76. The van der Waals surface area contributed by atoms with E-state index in [2.05, 4.69) is 75.5 Å². The average Bonchev–Trinajstić information content (AvgIpc) is 2.62. The van der Waals surface area contributed by atoms with Gasteiger partial charge in [-0.25, -0.2) is 4.99 Å². The topological polar surface area (TPSA) is 67.6 Å². The molecule has 0 saturated carbocycles. The third kappa shape index (κ3) is 19.5. The highest BCUT2D eigenvalue weighted by molar-refractivity contribution is 5.99. The predicted molar refractivity (Wildman–Crippen MR) is 118 cm³/mol. The lowest BCUT2D eigenvalue weighted by Gasteiger charge is -2.21. The van der Waals surface area contributed by atoms with Crippen LogP contribution in [0.4, 0.5) is 0 Å². The molecule has 0 aliphatic rings. The Balaban J connectivity index is -0.000000274. The smallest absolute Gasteiger partial charge is 0.124 e. The van der Waals surface area contributed by atoms with Crippen molar-refractivity contribution in [3.8, 4) is 0 Å². The van der Waals surface area contributed by atoms with Crippen LogP contribution in [0, 0.1) is 0 Å². The minimum absolute atomic E-state index is 0.555. The van der Waals surface area contributed by atoms with E-state index in [1.165, 1.54) is 11.8 Å². The van der Waals surface area contributed by atoms with Crippen LogP contribution in [-0.4, -0.2) is 24.2 Å². The van der Waals surface area contributed by atoms with E-state index < -0.39 is 0 Å². The molecule has 0 aliphatic carbocycles. The van der Waals surface area contributed by atoms with Gasteiger partial charge in [-0.15, -0.1) is 26.3 Å². The summed E-state index contributed by atoms with van der Waals surface area (Å²) < 4.78 is 0. The van der Waals surface area contributed by atoms with Crippen LogP contribution in [0.5, 0.6) is 0 Å². The lowest BCUT2D eigenvalue weighted by atomic mass is 10.2. The number of allylic oxidation sites excluding steroid dienone is 2. The monoisotopic (exact) mass is 348 g/mol. The standard InChI is InChI=1S/C15H27N3.C2H5N.2C2H4/c1-7-10-14(13(5)16)17-15(9-3)18(6)11-12(4)8-2;1-2-3;2*1-2/h9H,4-5,7-8,10-11,16H2,1-3,6H3;2H,1,3H2;2*1-2H2/b15-9-,17-14+;;;. The highest BCUT2D eigenvalue weighted by Crippen LogP contribution is 2.11. The van der Waals surface area contributed by atoms with Gasteiger partial charge >= 0.3 is 0 Å². The molecule has 0 radical (unpaired) electrons. The van der Waals surface area contributed by atoms with Crippen molar-refractivity contribution in [1.82, 2.24) is 4.90 Å². The van der Waals surface area contributed by atoms with Gasteiger partial charge in [-0.05, 0) is 32.0 Å². The third-order valence-electron chi connectivity index (χ3n) is 2.72. The van der Waals surface area contributed by atoms with E-state index in [9.17, 15) is 0 Å². The van der Waals surface area contributed by atoms with Gasteiger partial charge in [0.25, 0.3) is 0 Å². The molecule has 0 saturated heterocycles. The number of hydrogen-bond acceptors (Lipinski definition) is 4. The molecule has 0 aromatic heterocycles. The summed E-state index contributed by atoms with van der Waals surface area (Å²) in [5.41, 5.74) is 13.0.